The fourth-order valence-corrected chi connectivity index (χ4v) is 1.91. The Balaban J connectivity index is 2.36. The second-order valence-electron chi connectivity index (χ2n) is 4.82. The maximum absolute atomic E-state index is 9.23. The van der Waals surface area contributed by atoms with Gasteiger partial charge in [0, 0.05) is 25.2 Å². The van der Waals surface area contributed by atoms with Gasteiger partial charge in [0.25, 0.3) is 0 Å². The Kier molecular flexibility index (Phi) is 4.85. The number of aliphatic hydroxyl groups is 1. The van der Waals surface area contributed by atoms with Crippen molar-refractivity contribution in [1.29, 1.82) is 0 Å². The molecule has 0 aliphatic carbocycles. The molecule has 1 saturated heterocycles. The molecule has 84 valence electrons. The lowest BCUT2D eigenvalue weighted by atomic mass is 10.1. The van der Waals surface area contributed by atoms with E-state index in [4.69, 9.17) is 0 Å². The van der Waals surface area contributed by atoms with Crippen molar-refractivity contribution in [1.82, 2.24) is 10.2 Å². The number of nitrogens with one attached hydrogen (secondary N) is 1. The molecule has 1 aliphatic rings. The van der Waals surface area contributed by atoms with Gasteiger partial charge in [-0.1, -0.05) is 13.8 Å². The van der Waals surface area contributed by atoms with Gasteiger partial charge in [0.05, 0.1) is 6.61 Å². The largest absolute Gasteiger partial charge is 0.395 e. The zero-order valence-corrected chi connectivity index (χ0v) is 9.66. The highest BCUT2D eigenvalue weighted by Gasteiger charge is 2.24. The smallest absolute Gasteiger partial charge is 0.0599 e. The maximum atomic E-state index is 9.23. The average Bonchev–Trinajstić information content (AvgIpc) is 2.15. The molecule has 0 aromatic carbocycles. The summed E-state index contributed by atoms with van der Waals surface area (Å²) >= 11 is 0. The van der Waals surface area contributed by atoms with E-state index >= 15 is 0 Å². The minimum Gasteiger partial charge on any atom is -0.395 e. The summed E-state index contributed by atoms with van der Waals surface area (Å²) in [5.41, 5.74) is 0. The minimum absolute atomic E-state index is 0.276. The predicted octanol–water partition coefficient (Wildman–Crippen LogP) is 0.687. The van der Waals surface area contributed by atoms with Gasteiger partial charge in [-0.15, -0.1) is 0 Å². The molecular formula is C11H24N2O. The molecule has 2 atom stereocenters. The Morgan fingerprint density at radius 2 is 2.21 bits per heavy atom. The highest BCUT2D eigenvalue weighted by atomic mass is 16.3. The number of nitrogens with zero attached hydrogens (tertiary/aromatic N) is 1. The van der Waals surface area contributed by atoms with Crippen LogP contribution in [0.4, 0.5) is 0 Å². The summed E-state index contributed by atoms with van der Waals surface area (Å²) in [6, 6.07) is 0.884. The molecule has 3 heteroatoms. The van der Waals surface area contributed by atoms with Gasteiger partial charge in [-0.2, -0.15) is 0 Å². The van der Waals surface area contributed by atoms with Crippen LogP contribution in [0.2, 0.25) is 0 Å². The molecule has 0 spiro atoms. The first-order valence-corrected chi connectivity index (χ1v) is 5.71. The maximum Gasteiger partial charge on any atom is 0.0599 e. The van der Waals surface area contributed by atoms with Crippen LogP contribution in [0.25, 0.3) is 0 Å². The van der Waals surface area contributed by atoms with Crippen molar-refractivity contribution in [2.75, 3.05) is 26.2 Å². The second kappa shape index (κ2) is 5.69. The van der Waals surface area contributed by atoms with E-state index in [9.17, 15) is 5.11 Å². The normalized spacial score (nSPS) is 29.8. The lowest BCUT2D eigenvalue weighted by molar-refractivity contribution is 0.0802. The predicted molar refractivity (Wildman–Crippen MR) is 59.4 cm³/mol. The number of rotatable bonds is 4. The van der Waals surface area contributed by atoms with Crippen LogP contribution in [0, 0.1) is 5.92 Å². The van der Waals surface area contributed by atoms with E-state index in [2.05, 4.69) is 31.0 Å². The van der Waals surface area contributed by atoms with Crippen molar-refractivity contribution in [3.05, 3.63) is 0 Å². The summed E-state index contributed by atoms with van der Waals surface area (Å²) in [5.74, 6) is 0.750. The van der Waals surface area contributed by atoms with Crippen molar-refractivity contribution in [3.8, 4) is 0 Å². The van der Waals surface area contributed by atoms with Crippen molar-refractivity contribution < 1.29 is 5.11 Å². The second-order valence-corrected chi connectivity index (χ2v) is 4.82. The zero-order chi connectivity index (χ0) is 10.6. The van der Waals surface area contributed by atoms with Crippen LogP contribution in [0.1, 0.15) is 27.2 Å². The summed E-state index contributed by atoms with van der Waals surface area (Å²) in [6.07, 6.45) is 1.23. The Bertz CT molecular complexity index is 161. The first kappa shape index (κ1) is 12.0. The lowest BCUT2D eigenvalue weighted by Gasteiger charge is -2.38. The summed E-state index contributed by atoms with van der Waals surface area (Å²) in [4.78, 5) is 2.42. The fraction of sp³-hybridized carbons (Fsp3) is 1.00. The van der Waals surface area contributed by atoms with E-state index in [0.717, 1.165) is 25.6 Å². The molecule has 1 fully saturated rings. The van der Waals surface area contributed by atoms with Crippen molar-refractivity contribution in [3.63, 3.8) is 0 Å². The van der Waals surface area contributed by atoms with Crippen LogP contribution in [-0.4, -0.2) is 48.3 Å². The monoisotopic (exact) mass is 200 g/mol. The van der Waals surface area contributed by atoms with E-state index in [0.29, 0.717) is 12.1 Å². The molecule has 0 amide bonds. The standard InChI is InChI=1S/C11H24N2O/c1-9(2)4-5-13-7-10(3)12-6-11(13)8-14/h9-12,14H,4-8H2,1-3H3. The van der Waals surface area contributed by atoms with Crippen molar-refractivity contribution >= 4 is 0 Å². The number of hydrogen-bond donors (Lipinski definition) is 2. The molecule has 2 N–H and O–H groups in total. The number of aliphatic hydroxyl groups excluding tert-OH is 1. The lowest BCUT2D eigenvalue weighted by Crippen LogP contribution is -2.57. The van der Waals surface area contributed by atoms with Crippen LogP contribution in [0.5, 0.6) is 0 Å². The molecule has 3 nitrogen and oxygen atoms in total. The van der Waals surface area contributed by atoms with Crippen LogP contribution in [0.3, 0.4) is 0 Å². The summed E-state index contributed by atoms with van der Waals surface area (Å²) in [5, 5.41) is 12.6. The minimum atomic E-state index is 0.276. The van der Waals surface area contributed by atoms with Gasteiger partial charge >= 0.3 is 0 Å². The molecule has 0 aromatic heterocycles. The molecule has 0 saturated carbocycles. The number of hydrogen-bond acceptors (Lipinski definition) is 3. The third-order valence-corrected chi connectivity index (χ3v) is 2.93. The van der Waals surface area contributed by atoms with Crippen molar-refractivity contribution in [2.24, 2.45) is 5.92 Å². The highest BCUT2D eigenvalue weighted by Crippen LogP contribution is 2.10. The summed E-state index contributed by atoms with van der Waals surface area (Å²) < 4.78 is 0. The van der Waals surface area contributed by atoms with Gasteiger partial charge in [0.1, 0.15) is 0 Å². The molecule has 1 rings (SSSR count). The average molecular weight is 200 g/mol. The first-order valence-electron chi connectivity index (χ1n) is 5.71. The molecule has 0 aromatic rings. The molecule has 0 radical (unpaired) electrons. The van der Waals surface area contributed by atoms with E-state index in [1.165, 1.54) is 6.42 Å². The van der Waals surface area contributed by atoms with E-state index < -0.39 is 0 Å². The van der Waals surface area contributed by atoms with E-state index in [-0.39, 0.29) is 6.61 Å². The first-order chi connectivity index (χ1) is 6.63. The Hall–Kier alpha value is -0.120. The Morgan fingerprint density at radius 3 is 2.79 bits per heavy atom. The quantitative estimate of drug-likeness (QED) is 0.701. The molecular weight excluding hydrogens is 176 g/mol. The fourth-order valence-electron chi connectivity index (χ4n) is 1.91. The molecule has 2 unspecified atom stereocenters. The van der Waals surface area contributed by atoms with Gasteiger partial charge in [-0.3, -0.25) is 4.90 Å². The van der Waals surface area contributed by atoms with E-state index in [1.54, 1.807) is 0 Å². The third kappa shape index (κ3) is 3.56. The summed E-state index contributed by atoms with van der Waals surface area (Å²) in [7, 11) is 0. The Labute approximate surface area is 87.5 Å². The molecule has 14 heavy (non-hydrogen) atoms. The summed E-state index contributed by atoms with van der Waals surface area (Å²) in [6.45, 7) is 10.1. The van der Waals surface area contributed by atoms with Crippen molar-refractivity contribution in [2.45, 2.75) is 39.3 Å². The van der Waals surface area contributed by atoms with Gasteiger partial charge in [0.2, 0.25) is 0 Å². The zero-order valence-electron chi connectivity index (χ0n) is 9.66. The molecule has 1 heterocycles. The van der Waals surface area contributed by atoms with Gasteiger partial charge in [0.15, 0.2) is 0 Å². The third-order valence-electron chi connectivity index (χ3n) is 2.93. The molecule has 1 aliphatic heterocycles. The van der Waals surface area contributed by atoms with E-state index in [1.807, 2.05) is 0 Å². The van der Waals surface area contributed by atoms with Gasteiger partial charge < -0.3 is 10.4 Å². The number of piperazine rings is 1. The van der Waals surface area contributed by atoms with Crippen LogP contribution in [0.15, 0.2) is 0 Å². The highest BCUT2D eigenvalue weighted by molar-refractivity contribution is 4.83. The van der Waals surface area contributed by atoms with Crippen LogP contribution >= 0.6 is 0 Å². The van der Waals surface area contributed by atoms with Gasteiger partial charge in [-0.05, 0) is 25.8 Å². The Morgan fingerprint density at radius 1 is 1.50 bits per heavy atom. The SMILES string of the molecule is CC(C)CCN1CC(C)NCC1CO. The topological polar surface area (TPSA) is 35.5 Å². The van der Waals surface area contributed by atoms with Crippen LogP contribution in [-0.2, 0) is 0 Å². The van der Waals surface area contributed by atoms with Gasteiger partial charge in [-0.25, -0.2) is 0 Å². The molecule has 0 bridgehead atoms. The van der Waals surface area contributed by atoms with Crippen LogP contribution < -0.4 is 5.32 Å².